The number of benzene rings is 1. The Labute approximate surface area is 136 Å². The van der Waals surface area contributed by atoms with Crippen molar-refractivity contribution >= 4 is 5.91 Å². The van der Waals surface area contributed by atoms with Gasteiger partial charge < -0.3 is 10.1 Å². The van der Waals surface area contributed by atoms with Crippen molar-refractivity contribution in [2.75, 3.05) is 13.2 Å². The van der Waals surface area contributed by atoms with Crippen molar-refractivity contribution in [1.82, 2.24) is 5.32 Å². The Morgan fingerprint density at radius 3 is 2.70 bits per heavy atom. The average Bonchev–Trinajstić information content (AvgIpc) is 2.75. The lowest BCUT2D eigenvalue weighted by atomic mass is 9.78. The average molecular weight is 316 g/mol. The van der Waals surface area contributed by atoms with Gasteiger partial charge in [-0.3, -0.25) is 4.79 Å². The first-order chi connectivity index (χ1) is 11.0. The van der Waals surface area contributed by atoms with E-state index in [1.54, 1.807) is 0 Å². The van der Waals surface area contributed by atoms with E-state index >= 15 is 0 Å². The first-order valence-electron chi connectivity index (χ1n) is 7.93. The fraction of sp³-hybridized carbons (Fsp3) is 0.588. The van der Waals surface area contributed by atoms with Crippen LogP contribution in [0.3, 0.4) is 0 Å². The summed E-state index contributed by atoms with van der Waals surface area (Å²) in [5.74, 6) is -0.0158. The second kappa shape index (κ2) is 7.49. The minimum absolute atomic E-state index is 0.0158. The fourth-order valence-corrected chi connectivity index (χ4v) is 3.26. The molecule has 23 heavy (non-hydrogen) atoms. The SMILES string of the molecule is CC1(C)CC(CCCOCc2ccccc2)(CN=[N+]=[N-])C(=O)N1. The topological polar surface area (TPSA) is 87.1 Å². The molecule has 1 fully saturated rings. The number of ether oxygens (including phenoxy) is 1. The van der Waals surface area contributed by atoms with Gasteiger partial charge in [0, 0.05) is 23.6 Å². The summed E-state index contributed by atoms with van der Waals surface area (Å²) in [5, 5.41) is 6.66. The molecule has 1 atom stereocenters. The van der Waals surface area contributed by atoms with Crippen LogP contribution in [-0.4, -0.2) is 24.6 Å². The van der Waals surface area contributed by atoms with Gasteiger partial charge in [-0.2, -0.15) is 0 Å². The van der Waals surface area contributed by atoms with Crippen LogP contribution in [0.5, 0.6) is 0 Å². The van der Waals surface area contributed by atoms with E-state index in [0.29, 0.717) is 26.1 Å². The molecule has 0 saturated carbocycles. The third-order valence-corrected chi connectivity index (χ3v) is 4.21. The Bertz CT molecular complexity index is 582. The zero-order valence-electron chi connectivity index (χ0n) is 13.8. The Morgan fingerprint density at radius 2 is 2.09 bits per heavy atom. The van der Waals surface area contributed by atoms with E-state index in [0.717, 1.165) is 12.0 Å². The lowest BCUT2D eigenvalue weighted by Gasteiger charge is -2.25. The molecular weight excluding hydrogens is 292 g/mol. The van der Waals surface area contributed by atoms with Gasteiger partial charge >= 0.3 is 0 Å². The van der Waals surface area contributed by atoms with Crippen LogP contribution in [0.25, 0.3) is 10.4 Å². The standard InChI is InChI=1S/C17H24N4O2/c1-16(2)12-17(13-19-21-18,15(22)20-16)9-6-10-23-11-14-7-4-3-5-8-14/h3-5,7-8H,6,9-13H2,1-2H3,(H,20,22). The number of rotatable bonds is 8. The van der Waals surface area contributed by atoms with Crippen LogP contribution in [0.15, 0.2) is 35.4 Å². The van der Waals surface area contributed by atoms with Gasteiger partial charge in [0.05, 0.1) is 12.0 Å². The molecule has 1 saturated heterocycles. The van der Waals surface area contributed by atoms with Crippen molar-refractivity contribution in [3.63, 3.8) is 0 Å². The van der Waals surface area contributed by atoms with E-state index < -0.39 is 5.41 Å². The van der Waals surface area contributed by atoms with Crippen LogP contribution in [0.2, 0.25) is 0 Å². The molecule has 0 bridgehead atoms. The summed E-state index contributed by atoms with van der Waals surface area (Å²) in [4.78, 5) is 15.2. The number of carbonyl (C=O) groups is 1. The highest BCUT2D eigenvalue weighted by atomic mass is 16.5. The molecular formula is C17H24N4O2. The summed E-state index contributed by atoms with van der Waals surface area (Å²) in [6, 6.07) is 9.99. The number of nitrogens with zero attached hydrogens (tertiary/aromatic N) is 3. The van der Waals surface area contributed by atoms with Crippen molar-refractivity contribution < 1.29 is 9.53 Å². The van der Waals surface area contributed by atoms with Crippen LogP contribution in [0.1, 0.15) is 38.7 Å². The molecule has 124 valence electrons. The first kappa shape index (κ1) is 17.3. The lowest BCUT2D eigenvalue weighted by Crippen LogP contribution is -2.36. The molecule has 1 amide bonds. The van der Waals surface area contributed by atoms with E-state index in [1.165, 1.54) is 0 Å². The van der Waals surface area contributed by atoms with Crippen molar-refractivity contribution in [3.05, 3.63) is 46.3 Å². The van der Waals surface area contributed by atoms with Crippen LogP contribution in [0, 0.1) is 5.41 Å². The summed E-state index contributed by atoms with van der Waals surface area (Å²) < 4.78 is 5.68. The van der Waals surface area contributed by atoms with Gasteiger partial charge in [-0.25, -0.2) is 0 Å². The molecule has 1 N–H and O–H groups in total. The molecule has 1 aromatic carbocycles. The Hall–Kier alpha value is -2.04. The molecule has 0 spiro atoms. The van der Waals surface area contributed by atoms with Crippen molar-refractivity contribution in [2.45, 2.75) is 45.3 Å². The van der Waals surface area contributed by atoms with E-state index in [4.69, 9.17) is 10.3 Å². The molecule has 1 aromatic rings. The minimum atomic E-state index is -0.605. The fourth-order valence-electron chi connectivity index (χ4n) is 3.26. The zero-order valence-corrected chi connectivity index (χ0v) is 13.8. The molecule has 6 nitrogen and oxygen atoms in total. The van der Waals surface area contributed by atoms with Crippen LogP contribution in [-0.2, 0) is 16.1 Å². The first-order valence-corrected chi connectivity index (χ1v) is 7.93. The molecule has 1 aliphatic heterocycles. The largest absolute Gasteiger partial charge is 0.377 e. The third-order valence-electron chi connectivity index (χ3n) is 4.21. The molecule has 0 aliphatic carbocycles. The number of amides is 1. The van der Waals surface area contributed by atoms with Gasteiger partial charge in [0.1, 0.15) is 0 Å². The second-order valence-electron chi connectivity index (χ2n) is 6.83. The molecule has 1 unspecified atom stereocenters. The molecule has 1 aliphatic rings. The van der Waals surface area contributed by atoms with E-state index in [-0.39, 0.29) is 18.0 Å². The maximum Gasteiger partial charge on any atom is 0.226 e. The maximum absolute atomic E-state index is 12.4. The Kier molecular flexibility index (Phi) is 5.64. The molecule has 2 rings (SSSR count). The molecule has 0 radical (unpaired) electrons. The number of nitrogens with one attached hydrogen (secondary N) is 1. The number of carbonyl (C=O) groups excluding carboxylic acids is 1. The highest BCUT2D eigenvalue weighted by Crippen LogP contribution is 2.40. The van der Waals surface area contributed by atoms with Crippen molar-refractivity contribution in [3.8, 4) is 0 Å². The number of azide groups is 1. The summed E-state index contributed by atoms with van der Waals surface area (Å²) in [5.41, 5.74) is 8.87. The quantitative estimate of drug-likeness (QED) is 0.344. The number of hydrogen-bond donors (Lipinski definition) is 1. The normalized spacial score (nSPS) is 22.4. The van der Waals surface area contributed by atoms with E-state index in [9.17, 15) is 4.79 Å². The van der Waals surface area contributed by atoms with Crippen molar-refractivity contribution in [1.29, 1.82) is 0 Å². The Balaban J connectivity index is 1.85. The third kappa shape index (κ3) is 4.71. The van der Waals surface area contributed by atoms with Gasteiger partial charge in [0.2, 0.25) is 5.91 Å². The molecule has 0 aromatic heterocycles. The smallest absolute Gasteiger partial charge is 0.226 e. The van der Waals surface area contributed by atoms with Gasteiger partial charge in [0.15, 0.2) is 0 Å². The summed E-state index contributed by atoms with van der Waals surface area (Å²) in [7, 11) is 0. The lowest BCUT2D eigenvalue weighted by molar-refractivity contribution is -0.127. The van der Waals surface area contributed by atoms with E-state index in [1.807, 2.05) is 44.2 Å². The van der Waals surface area contributed by atoms with Gasteiger partial charge in [-0.05, 0) is 44.2 Å². The highest BCUT2D eigenvalue weighted by Gasteiger charge is 2.49. The zero-order chi connectivity index (χ0) is 16.8. The van der Waals surface area contributed by atoms with Crippen molar-refractivity contribution in [2.24, 2.45) is 10.5 Å². The maximum atomic E-state index is 12.4. The monoisotopic (exact) mass is 316 g/mol. The van der Waals surface area contributed by atoms with Crippen LogP contribution >= 0.6 is 0 Å². The van der Waals surface area contributed by atoms with E-state index in [2.05, 4.69) is 15.3 Å². The summed E-state index contributed by atoms with van der Waals surface area (Å²) in [6.45, 7) is 5.35. The van der Waals surface area contributed by atoms with Gasteiger partial charge in [-0.15, -0.1) is 0 Å². The second-order valence-corrected chi connectivity index (χ2v) is 6.83. The Morgan fingerprint density at radius 1 is 1.35 bits per heavy atom. The summed E-state index contributed by atoms with van der Waals surface area (Å²) in [6.07, 6.45) is 2.10. The molecule has 1 heterocycles. The predicted octanol–water partition coefficient (Wildman–Crippen LogP) is 3.58. The van der Waals surface area contributed by atoms with Gasteiger partial charge in [-0.1, -0.05) is 35.4 Å². The minimum Gasteiger partial charge on any atom is -0.377 e. The highest BCUT2D eigenvalue weighted by molar-refractivity contribution is 5.86. The van der Waals surface area contributed by atoms with Gasteiger partial charge in [0.25, 0.3) is 0 Å². The summed E-state index contributed by atoms with van der Waals surface area (Å²) >= 11 is 0. The van der Waals surface area contributed by atoms with Crippen LogP contribution in [0.4, 0.5) is 0 Å². The molecule has 6 heteroatoms. The van der Waals surface area contributed by atoms with Crippen LogP contribution < -0.4 is 5.32 Å². The predicted molar refractivity (Wildman–Crippen MR) is 88.6 cm³/mol. The number of hydrogen-bond acceptors (Lipinski definition) is 3.